The van der Waals surface area contributed by atoms with Crippen molar-refractivity contribution < 1.29 is 13.9 Å². The molecule has 4 heteroatoms. The minimum Gasteiger partial charge on any atom is -0.396 e. The van der Waals surface area contributed by atoms with Crippen LogP contribution in [0, 0.1) is 17.4 Å². The van der Waals surface area contributed by atoms with Gasteiger partial charge in [0.2, 0.25) is 0 Å². The standard InChI is InChI=1S/C19H34F2OSi/c1-8-19(20,21)18(11-9-10-13-22)12-14-23(15(2)3,16(4)5)17(6)7/h8,15-18,22H,1,9-11,13H2,2-7H3. The minimum absolute atomic E-state index is 0.0302. The molecule has 23 heavy (non-hydrogen) atoms. The number of hydrogen-bond donors (Lipinski definition) is 1. The van der Waals surface area contributed by atoms with E-state index in [4.69, 9.17) is 5.11 Å². The molecule has 0 aliphatic carbocycles. The lowest BCUT2D eigenvalue weighted by atomic mass is 9.96. The van der Waals surface area contributed by atoms with Crippen LogP contribution in [0.25, 0.3) is 0 Å². The fraction of sp³-hybridized carbons (Fsp3) is 0.789. The predicted octanol–water partition coefficient (Wildman–Crippen LogP) is 5.81. The number of halogens is 2. The third kappa shape index (κ3) is 5.72. The SMILES string of the molecule is C=CC(F)(F)C(C#C[Si](C(C)C)(C(C)C)C(C)C)CCCCO. The van der Waals surface area contributed by atoms with Crippen molar-refractivity contribution in [3.8, 4) is 11.5 Å². The fourth-order valence-electron chi connectivity index (χ4n) is 3.61. The molecule has 0 fully saturated rings. The average Bonchev–Trinajstić information content (AvgIpc) is 2.44. The van der Waals surface area contributed by atoms with Gasteiger partial charge in [-0.25, -0.2) is 8.78 Å². The Morgan fingerprint density at radius 3 is 1.87 bits per heavy atom. The lowest BCUT2D eigenvalue weighted by Crippen LogP contribution is -2.43. The lowest BCUT2D eigenvalue weighted by molar-refractivity contribution is 0.0105. The van der Waals surface area contributed by atoms with Crippen molar-refractivity contribution in [2.45, 2.75) is 83.4 Å². The summed E-state index contributed by atoms with van der Waals surface area (Å²) in [7, 11) is -2.01. The molecule has 0 spiro atoms. The second kappa shape index (κ2) is 9.59. The normalized spacial score (nSPS) is 14.1. The molecule has 0 rings (SSSR count). The molecule has 1 nitrogen and oxygen atoms in total. The Bertz CT molecular complexity index is 397. The quantitative estimate of drug-likeness (QED) is 0.242. The topological polar surface area (TPSA) is 20.2 Å². The van der Waals surface area contributed by atoms with Gasteiger partial charge in [0.1, 0.15) is 8.07 Å². The zero-order valence-corrected chi connectivity index (χ0v) is 16.6. The van der Waals surface area contributed by atoms with Crippen molar-refractivity contribution in [3.05, 3.63) is 12.7 Å². The Balaban J connectivity index is 5.69. The van der Waals surface area contributed by atoms with E-state index in [1.807, 2.05) is 0 Å². The Hall–Kier alpha value is -0.663. The smallest absolute Gasteiger partial charge is 0.279 e. The molecule has 134 valence electrons. The number of allylic oxidation sites excluding steroid dienone is 1. The maximum Gasteiger partial charge on any atom is 0.279 e. The highest BCUT2D eigenvalue weighted by molar-refractivity contribution is 6.90. The van der Waals surface area contributed by atoms with Gasteiger partial charge in [-0.05, 0) is 42.0 Å². The second-order valence-corrected chi connectivity index (χ2v) is 12.9. The van der Waals surface area contributed by atoms with Crippen LogP contribution in [0.4, 0.5) is 8.78 Å². The Labute approximate surface area is 142 Å². The van der Waals surface area contributed by atoms with Crippen LogP contribution >= 0.6 is 0 Å². The van der Waals surface area contributed by atoms with Crippen LogP contribution in [0.1, 0.15) is 60.8 Å². The summed E-state index contributed by atoms with van der Waals surface area (Å²) < 4.78 is 28.3. The molecule has 0 aromatic heterocycles. The largest absolute Gasteiger partial charge is 0.396 e. The summed E-state index contributed by atoms with van der Waals surface area (Å²) in [5.41, 5.74) is 4.66. The molecule has 1 unspecified atom stereocenters. The van der Waals surface area contributed by atoms with Crippen LogP contribution in [0.2, 0.25) is 16.6 Å². The maximum absolute atomic E-state index is 14.2. The van der Waals surface area contributed by atoms with Gasteiger partial charge in [0.25, 0.3) is 5.92 Å². The minimum atomic E-state index is -2.98. The van der Waals surface area contributed by atoms with Gasteiger partial charge in [-0.1, -0.05) is 48.1 Å². The maximum atomic E-state index is 14.2. The van der Waals surface area contributed by atoms with Gasteiger partial charge < -0.3 is 5.11 Å². The van der Waals surface area contributed by atoms with E-state index in [-0.39, 0.29) is 6.61 Å². The van der Waals surface area contributed by atoms with Gasteiger partial charge in [0, 0.05) is 6.61 Å². The van der Waals surface area contributed by atoms with Gasteiger partial charge in [-0.3, -0.25) is 0 Å². The van der Waals surface area contributed by atoms with E-state index in [2.05, 4.69) is 59.6 Å². The molecule has 1 atom stereocenters. The third-order valence-electron chi connectivity index (χ3n) is 4.97. The van der Waals surface area contributed by atoms with Crippen molar-refractivity contribution in [1.29, 1.82) is 0 Å². The molecule has 0 aromatic carbocycles. The van der Waals surface area contributed by atoms with Crippen molar-refractivity contribution in [1.82, 2.24) is 0 Å². The van der Waals surface area contributed by atoms with Crippen LogP contribution in [0.15, 0.2) is 12.7 Å². The van der Waals surface area contributed by atoms with Crippen LogP contribution in [-0.4, -0.2) is 25.7 Å². The summed E-state index contributed by atoms with van der Waals surface area (Å²) in [6.45, 7) is 16.3. The molecule has 0 bridgehead atoms. The van der Waals surface area contributed by atoms with E-state index >= 15 is 0 Å². The Morgan fingerprint density at radius 1 is 1.04 bits per heavy atom. The lowest BCUT2D eigenvalue weighted by Gasteiger charge is -2.38. The van der Waals surface area contributed by atoms with E-state index < -0.39 is 19.9 Å². The molecular weight excluding hydrogens is 310 g/mol. The van der Waals surface area contributed by atoms with Crippen molar-refractivity contribution in [3.63, 3.8) is 0 Å². The first-order chi connectivity index (χ1) is 10.6. The van der Waals surface area contributed by atoms with Crippen LogP contribution in [0.3, 0.4) is 0 Å². The molecule has 0 aliphatic heterocycles. The number of unbranched alkanes of at least 4 members (excludes halogenated alkanes) is 1. The molecule has 0 aliphatic rings. The first kappa shape index (κ1) is 22.3. The highest BCUT2D eigenvalue weighted by Crippen LogP contribution is 2.41. The predicted molar refractivity (Wildman–Crippen MR) is 98.4 cm³/mol. The number of hydrogen-bond acceptors (Lipinski definition) is 1. The average molecular weight is 345 g/mol. The molecule has 0 heterocycles. The summed E-state index contributed by atoms with van der Waals surface area (Å²) in [6.07, 6.45) is 2.10. The van der Waals surface area contributed by atoms with Gasteiger partial charge in [-0.2, -0.15) is 0 Å². The molecular formula is C19H34F2OSi. The summed E-state index contributed by atoms with van der Waals surface area (Å²) >= 11 is 0. The van der Waals surface area contributed by atoms with E-state index in [1.165, 1.54) is 0 Å². The molecule has 1 N–H and O–H groups in total. The van der Waals surface area contributed by atoms with Crippen LogP contribution in [-0.2, 0) is 0 Å². The zero-order valence-electron chi connectivity index (χ0n) is 15.6. The van der Waals surface area contributed by atoms with Gasteiger partial charge in [0.05, 0.1) is 5.92 Å². The number of rotatable bonds is 9. The molecule has 0 aromatic rings. The number of aliphatic hydroxyl groups is 1. The van der Waals surface area contributed by atoms with E-state index in [1.54, 1.807) is 0 Å². The summed E-state index contributed by atoms with van der Waals surface area (Å²) in [5.74, 6) is -1.02. The van der Waals surface area contributed by atoms with E-state index in [9.17, 15) is 8.78 Å². The van der Waals surface area contributed by atoms with Gasteiger partial charge in [-0.15, -0.1) is 11.5 Å². The first-order valence-electron chi connectivity index (χ1n) is 8.71. The zero-order chi connectivity index (χ0) is 18.3. The molecule has 0 radical (unpaired) electrons. The van der Waals surface area contributed by atoms with Gasteiger partial charge in [0.15, 0.2) is 0 Å². The molecule has 0 saturated heterocycles. The van der Waals surface area contributed by atoms with E-state index in [0.717, 1.165) is 0 Å². The summed E-state index contributed by atoms with van der Waals surface area (Å²) in [6, 6.07) is 0. The van der Waals surface area contributed by atoms with Gasteiger partial charge >= 0.3 is 0 Å². The highest BCUT2D eigenvalue weighted by atomic mass is 28.3. The summed E-state index contributed by atoms with van der Waals surface area (Å²) in [5, 5.41) is 8.88. The fourth-order valence-corrected chi connectivity index (χ4v) is 8.90. The van der Waals surface area contributed by atoms with E-state index in [0.29, 0.717) is 42.0 Å². The van der Waals surface area contributed by atoms with Crippen LogP contribution < -0.4 is 0 Å². The number of aliphatic hydroxyl groups excluding tert-OH is 1. The van der Waals surface area contributed by atoms with Crippen LogP contribution in [0.5, 0.6) is 0 Å². The Kier molecular flexibility index (Phi) is 9.31. The molecule has 0 amide bonds. The third-order valence-corrected chi connectivity index (χ3v) is 11.3. The number of alkyl halides is 2. The second-order valence-electron chi connectivity index (χ2n) is 7.32. The highest BCUT2D eigenvalue weighted by Gasteiger charge is 2.42. The van der Waals surface area contributed by atoms with Crippen molar-refractivity contribution in [2.75, 3.05) is 6.61 Å². The van der Waals surface area contributed by atoms with Crippen molar-refractivity contribution >= 4 is 8.07 Å². The summed E-state index contributed by atoms with van der Waals surface area (Å²) in [4.78, 5) is 0. The van der Waals surface area contributed by atoms with Crippen molar-refractivity contribution in [2.24, 2.45) is 5.92 Å². The Morgan fingerprint density at radius 2 is 1.52 bits per heavy atom. The monoisotopic (exact) mass is 344 g/mol. The first-order valence-corrected chi connectivity index (χ1v) is 10.9. The molecule has 0 saturated carbocycles.